The van der Waals surface area contributed by atoms with Crippen LogP contribution in [-0.2, 0) is 0 Å². The Labute approximate surface area is 81.2 Å². The van der Waals surface area contributed by atoms with Crippen molar-refractivity contribution in [2.24, 2.45) is 0 Å². The van der Waals surface area contributed by atoms with Gasteiger partial charge in [-0.25, -0.2) is 4.39 Å². The van der Waals surface area contributed by atoms with E-state index < -0.39 is 23.0 Å². The summed E-state index contributed by atoms with van der Waals surface area (Å²) in [6.45, 7) is 0. The van der Waals surface area contributed by atoms with Crippen LogP contribution in [0.3, 0.4) is 0 Å². The van der Waals surface area contributed by atoms with Crippen LogP contribution in [0.5, 0.6) is 5.75 Å². The summed E-state index contributed by atoms with van der Waals surface area (Å²) < 4.78 is 51.3. The second-order valence-electron chi connectivity index (χ2n) is 2.35. The molecule has 0 heterocycles. The number of halogens is 5. The van der Waals surface area contributed by atoms with Gasteiger partial charge in [-0.15, -0.1) is 13.2 Å². The van der Waals surface area contributed by atoms with Crippen LogP contribution in [-0.4, -0.2) is 6.36 Å². The number of rotatable bonds is 1. The molecule has 14 heavy (non-hydrogen) atoms. The van der Waals surface area contributed by atoms with E-state index in [1.807, 2.05) is 0 Å². The van der Waals surface area contributed by atoms with Gasteiger partial charge in [0, 0.05) is 6.07 Å². The molecule has 1 aromatic rings. The van der Waals surface area contributed by atoms with Crippen molar-refractivity contribution in [3.05, 3.63) is 23.0 Å². The van der Waals surface area contributed by atoms with Gasteiger partial charge in [0.2, 0.25) is 0 Å². The molecule has 0 aliphatic carbocycles. The van der Waals surface area contributed by atoms with Crippen molar-refractivity contribution in [2.45, 2.75) is 6.36 Å². The second kappa shape index (κ2) is 3.53. The van der Waals surface area contributed by atoms with Crippen molar-refractivity contribution < 1.29 is 22.3 Å². The second-order valence-corrected chi connectivity index (χ2v) is 2.76. The minimum absolute atomic E-state index is 0.343. The van der Waals surface area contributed by atoms with Crippen molar-refractivity contribution in [1.82, 2.24) is 0 Å². The molecule has 0 unspecified atom stereocenters. The van der Waals surface area contributed by atoms with Gasteiger partial charge in [0.1, 0.15) is 5.82 Å². The van der Waals surface area contributed by atoms with Crippen molar-refractivity contribution in [1.29, 1.82) is 0 Å². The first kappa shape index (κ1) is 10.9. The standard InChI is InChI=1S/C7H4ClF4NO/c8-3-1-5(13)4(9)2-6(3)14-7(10,11)12/h1-2H,13H2. The Morgan fingerprint density at radius 3 is 2.36 bits per heavy atom. The van der Waals surface area contributed by atoms with Crippen LogP contribution in [0.25, 0.3) is 0 Å². The van der Waals surface area contributed by atoms with Gasteiger partial charge >= 0.3 is 6.36 Å². The third-order valence-corrected chi connectivity index (χ3v) is 1.57. The Morgan fingerprint density at radius 1 is 1.29 bits per heavy atom. The van der Waals surface area contributed by atoms with E-state index in [9.17, 15) is 17.6 Å². The van der Waals surface area contributed by atoms with Gasteiger partial charge < -0.3 is 10.5 Å². The highest BCUT2D eigenvalue weighted by atomic mass is 35.5. The topological polar surface area (TPSA) is 35.2 Å². The molecule has 0 fully saturated rings. The van der Waals surface area contributed by atoms with Crippen molar-refractivity contribution in [3.8, 4) is 5.75 Å². The minimum atomic E-state index is -4.91. The van der Waals surface area contributed by atoms with E-state index >= 15 is 0 Å². The van der Waals surface area contributed by atoms with E-state index in [1.54, 1.807) is 0 Å². The Balaban J connectivity index is 3.04. The van der Waals surface area contributed by atoms with Crippen LogP contribution in [0.1, 0.15) is 0 Å². The first-order chi connectivity index (χ1) is 6.29. The predicted octanol–water partition coefficient (Wildman–Crippen LogP) is 2.96. The van der Waals surface area contributed by atoms with Crippen molar-refractivity contribution >= 4 is 17.3 Å². The zero-order valence-electron chi connectivity index (χ0n) is 6.53. The van der Waals surface area contributed by atoms with Gasteiger partial charge in [-0.3, -0.25) is 0 Å². The maximum atomic E-state index is 12.7. The minimum Gasteiger partial charge on any atom is -0.404 e. The SMILES string of the molecule is Nc1cc(Cl)c(OC(F)(F)F)cc1F. The quantitative estimate of drug-likeness (QED) is 0.594. The first-order valence-electron chi connectivity index (χ1n) is 3.30. The predicted molar refractivity (Wildman–Crippen MR) is 42.5 cm³/mol. The lowest BCUT2D eigenvalue weighted by Crippen LogP contribution is -2.17. The normalized spacial score (nSPS) is 11.5. The zero-order valence-corrected chi connectivity index (χ0v) is 7.29. The summed E-state index contributed by atoms with van der Waals surface area (Å²) in [6.07, 6.45) is -4.91. The lowest BCUT2D eigenvalue weighted by Gasteiger charge is -2.10. The smallest absolute Gasteiger partial charge is 0.404 e. The van der Waals surface area contributed by atoms with Gasteiger partial charge in [0.25, 0.3) is 0 Å². The fourth-order valence-corrected chi connectivity index (χ4v) is 0.958. The van der Waals surface area contributed by atoms with Gasteiger partial charge in [0.05, 0.1) is 10.7 Å². The molecule has 1 rings (SSSR count). The van der Waals surface area contributed by atoms with E-state index in [-0.39, 0.29) is 5.69 Å². The maximum Gasteiger partial charge on any atom is 0.573 e. The lowest BCUT2D eigenvalue weighted by molar-refractivity contribution is -0.274. The van der Waals surface area contributed by atoms with Gasteiger partial charge in [-0.2, -0.15) is 0 Å². The average molecular weight is 230 g/mol. The fourth-order valence-electron chi connectivity index (χ4n) is 0.747. The Kier molecular flexibility index (Phi) is 2.75. The monoisotopic (exact) mass is 229 g/mol. The number of alkyl halides is 3. The zero-order chi connectivity index (χ0) is 10.9. The molecule has 0 aliphatic heterocycles. The van der Waals surface area contributed by atoms with E-state index in [0.29, 0.717) is 6.07 Å². The molecule has 0 amide bonds. The largest absolute Gasteiger partial charge is 0.573 e. The number of nitrogen functional groups attached to an aromatic ring is 1. The molecule has 0 bridgehead atoms. The van der Waals surface area contributed by atoms with Crippen molar-refractivity contribution in [3.63, 3.8) is 0 Å². The third kappa shape index (κ3) is 2.66. The summed E-state index contributed by atoms with van der Waals surface area (Å²) in [7, 11) is 0. The molecule has 0 aliphatic rings. The Bertz CT molecular complexity index is 352. The Morgan fingerprint density at radius 2 is 1.86 bits per heavy atom. The lowest BCUT2D eigenvalue weighted by atomic mass is 10.3. The number of hydrogen-bond acceptors (Lipinski definition) is 2. The van der Waals surface area contributed by atoms with Crippen LogP contribution in [0, 0.1) is 5.82 Å². The van der Waals surface area contributed by atoms with E-state index in [0.717, 1.165) is 6.07 Å². The molecule has 1 aromatic carbocycles. The molecular formula is C7H4ClF4NO. The Hall–Kier alpha value is -1.17. The van der Waals surface area contributed by atoms with Gasteiger partial charge in [-0.05, 0) is 6.07 Å². The first-order valence-corrected chi connectivity index (χ1v) is 3.67. The number of hydrogen-bond donors (Lipinski definition) is 1. The van der Waals surface area contributed by atoms with Crippen LogP contribution >= 0.6 is 11.6 Å². The molecule has 0 spiro atoms. The van der Waals surface area contributed by atoms with Crippen LogP contribution in [0.15, 0.2) is 12.1 Å². The summed E-state index contributed by atoms with van der Waals surface area (Å²) in [6, 6.07) is 1.32. The number of ether oxygens (including phenoxy) is 1. The van der Waals surface area contributed by atoms with E-state index in [1.165, 1.54) is 0 Å². The molecule has 0 aromatic heterocycles. The third-order valence-electron chi connectivity index (χ3n) is 1.28. The number of anilines is 1. The number of nitrogens with two attached hydrogens (primary N) is 1. The molecule has 2 N–H and O–H groups in total. The van der Waals surface area contributed by atoms with E-state index in [4.69, 9.17) is 17.3 Å². The van der Waals surface area contributed by atoms with Gasteiger partial charge in [0.15, 0.2) is 5.75 Å². The van der Waals surface area contributed by atoms with Crippen LogP contribution < -0.4 is 10.5 Å². The fraction of sp³-hybridized carbons (Fsp3) is 0.143. The van der Waals surface area contributed by atoms with Crippen LogP contribution in [0.2, 0.25) is 5.02 Å². The summed E-state index contributed by atoms with van der Waals surface area (Å²) in [5.74, 6) is -1.83. The summed E-state index contributed by atoms with van der Waals surface area (Å²) >= 11 is 5.34. The summed E-state index contributed by atoms with van der Waals surface area (Å²) in [5, 5.41) is -0.402. The molecular weight excluding hydrogens is 226 g/mol. The summed E-state index contributed by atoms with van der Waals surface area (Å²) in [4.78, 5) is 0. The highest BCUT2D eigenvalue weighted by Gasteiger charge is 2.32. The number of benzene rings is 1. The molecule has 7 heteroatoms. The molecule has 0 atom stereocenters. The van der Waals surface area contributed by atoms with Gasteiger partial charge in [-0.1, -0.05) is 11.6 Å². The summed E-state index contributed by atoms with van der Waals surface area (Å²) in [5.41, 5.74) is 4.71. The molecule has 0 radical (unpaired) electrons. The molecule has 2 nitrogen and oxygen atoms in total. The maximum absolute atomic E-state index is 12.7. The molecule has 78 valence electrons. The molecule has 0 saturated carbocycles. The van der Waals surface area contributed by atoms with E-state index in [2.05, 4.69) is 4.74 Å². The van der Waals surface area contributed by atoms with Crippen molar-refractivity contribution in [2.75, 3.05) is 5.73 Å². The molecule has 0 saturated heterocycles. The highest BCUT2D eigenvalue weighted by molar-refractivity contribution is 6.32. The van der Waals surface area contributed by atoms with Crippen LogP contribution in [0.4, 0.5) is 23.2 Å². The highest BCUT2D eigenvalue weighted by Crippen LogP contribution is 2.32. The average Bonchev–Trinajstić information content (AvgIpc) is 1.97.